The van der Waals surface area contributed by atoms with Crippen molar-refractivity contribution < 1.29 is 13.7 Å². The number of aromatic amines is 1. The minimum atomic E-state index is -0.616. The van der Waals surface area contributed by atoms with E-state index in [9.17, 15) is 9.59 Å². The molecule has 43 heavy (non-hydrogen) atoms. The quantitative estimate of drug-likeness (QED) is 0.252. The first kappa shape index (κ1) is 31.3. The third kappa shape index (κ3) is 6.25. The molecule has 8 nitrogen and oxygen atoms in total. The average molecular weight is 607 g/mol. The summed E-state index contributed by atoms with van der Waals surface area (Å²) in [5.74, 6) is 0.0250. The first-order chi connectivity index (χ1) is 20.1. The van der Waals surface area contributed by atoms with E-state index in [1.165, 1.54) is 10.6 Å². The number of aryl methyl sites for hydroxylation is 2. The maximum atomic E-state index is 15.1. The van der Waals surface area contributed by atoms with Gasteiger partial charge in [0.25, 0.3) is 5.56 Å². The monoisotopic (exact) mass is 606 g/mol. The van der Waals surface area contributed by atoms with Gasteiger partial charge in [-0.25, -0.2) is 14.2 Å². The number of ether oxygens (including phenoxy) is 1. The van der Waals surface area contributed by atoms with Crippen molar-refractivity contribution in [2.24, 2.45) is 0 Å². The van der Waals surface area contributed by atoms with Crippen molar-refractivity contribution in [1.29, 1.82) is 0 Å². The van der Waals surface area contributed by atoms with Crippen LogP contribution >= 0.6 is 0 Å². The molecule has 216 valence electrons. The van der Waals surface area contributed by atoms with Gasteiger partial charge in [0.1, 0.15) is 11.4 Å². The topological polar surface area (TPSA) is 103 Å². The molecule has 2 aromatic heterocycles. The molecular weight excluding hydrogens is 574 g/mol. The molecule has 0 amide bonds. The third-order valence-corrected chi connectivity index (χ3v) is 7.54. The number of hydrogen-bond donors (Lipinski definition) is 1. The van der Waals surface area contributed by atoms with Gasteiger partial charge in [-0.15, -0.1) is 0 Å². The van der Waals surface area contributed by atoms with Crippen LogP contribution in [-0.2, 0) is 19.3 Å². The van der Waals surface area contributed by atoms with Crippen molar-refractivity contribution in [1.82, 2.24) is 19.7 Å². The number of H-pyrrole nitrogens is 1. The van der Waals surface area contributed by atoms with Crippen molar-refractivity contribution in [2.45, 2.75) is 59.0 Å². The van der Waals surface area contributed by atoms with E-state index in [2.05, 4.69) is 17.1 Å². The standard InChI is InChI=1S/C33H31FN4O4.K.H/c1-5-8-28-26(31(39)38(19(2)35-28)23-16-22-18-33(3,4)41-29(22)27(34)17-23)15-20-11-13-21(14-12-20)24-9-6-7-10-25(24)30-36-32(40)42-37-30;;/h6-7,9-14,16-17H,5,8,15,18H2,1-4H3,(H,36,37,40);;. The van der Waals surface area contributed by atoms with Crippen LogP contribution in [0.25, 0.3) is 28.2 Å². The van der Waals surface area contributed by atoms with Crippen molar-refractivity contribution in [2.75, 3.05) is 0 Å². The minimum absolute atomic E-state index is 0. The molecule has 1 aliphatic heterocycles. The van der Waals surface area contributed by atoms with E-state index in [-0.39, 0.29) is 62.7 Å². The van der Waals surface area contributed by atoms with Gasteiger partial charge < -0.3 is 4.74 Å². The van der Waals surface area contributed by atoms with Crippen molar-refractivity contribution in [3.05, 3.63) is 116 Å². The number of nitrogens with one attached hydrogen (secondary N) is 1. The van der Waals surface area contributed by atoms with Crippen molar-refractivity contribution >= 4 is 51.4 Å². The zero-order valence-corrected chi connectivity index (χ0v) is 24.0. The average Bonchev–Trinajstić information content (AvgIpc) is 3.53. The van der Waals surface area contributed by atoms with Crippen LogP contribution in [-0.4, -0.2) is 76.7 Å². The molecule has 1 aliphatic rings. The fourth-order valence-corrected chi connectivity index (χ4v) is 5.72. The molecule has 3 aromatic carbocycles. The molecule has 0 spiro atoms. The molecule has 0 atom stereocenters. The molecule has 1 N–H and O–H groups in total. The molecule has 6 rings (SSSR count). The zero-order chi connectivity index (χ0) is 29.6. The second kappa shape index (κ2) is 12.5. The van der Waals surface area contributed by atoms with Gasteiger partial charge in [-0.2, -0.15) is 0 Å². The summed E-state index contributed by atoms with van der Waals surface area (Å²) in [7, 11) is 0. The van der Waals surface area contributed by atoms with Gasteiger partial charge in [0.2, 0.25) is 0 Å². The molecule has 0 saturated heterocycles. The molecule has 0 saturated carbocycles. The Balaban J connectivity index is 0.00000368. The summed E-state index contributed by atoms with van der Waals surface area (Å²) < 4.78 is 27.1. The van der Waals surface area contributed by atoms with Crippen LogP contribution in [0.1, 0.15) is 55.4 Å². The molecule has 5 aromatic rings. The van der Waals surface area contributed by atoms with Crippen molar-refractivity contribution in [3.63, 3.8) is 0 Å². The van der Waals surface area contributed by atoms with Crippen LogP contribution in [0.4, 0.5) is 4.39 Å². The summed E-state index contributed by atoms with van der Waals surface area (Å²) in [5, 5.41) is 3.84. The van der Waals surface area contributed by atoms with E-state index in [0.717, 1.165) is 39.9 Å². The Kier molecular flexibility index (Phi) is 9.06. The Labute approximate surface area is 290 Å². The Bertz CT molecular complexity index is 1930. The zero-order valence-electron chi connectivity index (χ0n) is 24.0. The summed E-state index contributed by atoms with van der Waals surface area (Å²) in [6.45, 7) is 7.67. The van der Waals surface area contributed by atoms with Gasteiger partial charge in [-0.05, 0) is 49.9 Å². The second-order valence-corrected chi connectivity index (χ2v) is 11.3. The molecule has 0 bridgehead atoms. The van der Waals surface area contributed by atoms with Gasteiger partial charge in [0.05, 0.1) is 11.4 Å². The number of fused-ring (bicyclic) bond motifs is 1. The summed E-state index contributed by atoms with van der Waals surface area (Å²) in [6.07, 6.45) is 2.43. The van der Waals surface area contributed by atoms with Gasteiger partial charge in [-0.3, -0.25) is 18.9 Å². The number of benzene rings is 3. The number of nitrogens with zero attached hydrogens (tertiary/aromatic N) is 3. The van der Waals surface area contributed by atoms with E-state index in [0.29, 0.717) is 42.2 Å². The molecule has 0 radical (unpaired) electrons. The SMILES string of the molecule is CCCc1nc(C)n(-c2cc(F)c3c(c2)CC(C)(C)O3)c(=O)c1Cc1ccc(-c2ccccc2-c2noc(=O)[nH]2)cc1.[KH]. The second-order valence-electron chi connectivity index (χ2n) is 11.3. The van der Waals surface area contributed by atoms with Gasteiger partial charge in [0, 0.05) is 35.6 Å². The Morgan fingerprint density at radius 3 is 2.44 bits per heavy atom. The fourth-order valence-electron chi connectivity index (χ4n) is 5.72. The van der Waals surface area contributed by atoms with Crippen LogP contribution in [0.5, 0.6) is 5.75 Å². The molecule has 0 fully saturated rings. The predicted molar refractivity (Wildman–Crippen MR) is 165 cm³/mol. The van der Waals surface area contributed by atoms with Gasteiger partial charge in [-0.1, -0.05) is 67.0 Å². The molecule has 0 unspecified atom stereocenters. The van der Waals surface area contributed by atoms with E-state index in [4.69, 9.17) is 14.2 Å². The Morgan fingerprint density at radius 1 is 1.05 bits per heavy atom. The van der Waals surface area contributed by atoms with Crippen molar-refractivity contribution in [3.8, 4) is 34.0 Å². The number of halogens is 1. The van der Waals surface area contributed by atoms with Gasteiger partial charge in [0.15, 0.2) is 17.4 Å². The summed E-state index contributed by atoms with van der Waals surface area (Å²) in [5.41, 5.74) is 5.31. The third-order valence-electron chi connectivity index (χ3n) is 7.54. The predicted octanol–water partition coefficient (Wildman–Crippen LogP) is 5.30. The van der Waals surface area contributed by atoms with E-state index >= 15 is 4.39 Å². The van der Waals surface area contributed by atoms with Gasteiger partial charge >= 0.3 is 57.1 Å². The van der Waals surface area contributed by atoms with E-state index in [1.807, 2.05) is 68.4 Å². The number of aromatic nitrogens is 4. The molecule has 3 heterocycles. The Morgan fingerprint density at radius 2 is 1.77 bits per heavy atom. The fraction of sp³-hybridized carbons (Fsp3) is 0.273. The van der Waals surface area contributed by atoms with Crippen LogP contribution in [0.15, 0.2) is 74.8 Å². The van der Waals surface area contributed by atoms with Crippen LogP contribution in [0, 0.1) is 12.7 Å². The summed E-state index contributed by atoms with van der Waals surface area (Å²) in [6, 6.07) is 18.7. The van der Waals surface area contributed by atoms with Crippen LogP contribution in [0.2, 0.25) is 0 Å². The van der Waals surface area contributed by atoms with E-state index < -0.39 is 17.2 Å². The molecule has 10 heteroatoms. The number of hydrogen-bond acceptors (Lipinski definition) is 6. The Hall–Kier alpha value is -3.15. The first-order valence-corrected chi connectivity index (χ1v) is 14.0. The molecule has 0 aliphatic carbocycles. The van der Waals surface area contributed by atoms with Crippen LogP contribution in [0.3, 0.4) is 0 Å². The first-order valence-electron chi connectivity index (χ1n) is 14.0. The van der Waals surface area contributed by atoms with E-state index in [1.54, 1.807) is 6.92 Å². The normalized spacial score (nSPS) is 13.3. The molecular formula is C33H32FKN4O4. The summed E-state index contributed by atoms with van der Waals surface area (Å²) in [4.78, 5) is 33.0. The number of rotatable bonds is 7. The maximum absolute atomic E-state index is 15.1. The van der Waals surface area contributed by atoms with Crippen LogP contribution < -0.4 is 16.1 Å². The summed E-state index contributed by atoms with van der Waals surface area (Å²) >= 11 is 0.